The van der Waals surface area contributed by atoms with E-state index < -0.39 is 0 Å². The summed E-state index contributed by atoms with van der Waals surface area (Å²) in [5, 5.41) is 11.9. The summed E-state index contributed by atoms with van der Waals surface area (Å²) in [5.74, 6) is 0. The Bertz CT molecular complexity index is 258. The molecule has 0 aromatic carbocycles. The maximum Gasteiger partial charge on any atom is 0.0801 e. The van der Waals surface area contributed by atoms with E-state index in [1.807, 2.05) is 25.3 Å². The van der Waals surface area contributed by atoms with Crippen molar-refractivity contribution in [3.05, 3.63) is 21.9 Å². The van der Waals surface area contributed by atoms with Gasteiger partial charge < -0.3 is 9.84 Å². The first-order valence-corrected chi connectivity index (χ1v) is 5.93. The Morgan fingerprint density at radius 2 is 2.36 bits per heavy atom. The topological polar surface area (TPSA) is 29.5 Å². The van der Waals surface area contributed by atoms with Crippen LogP contribution in [0.3, 0.4) is 0 Å². The molecule has 0 aliphatic carbocycles. The molecule has 2 nitrogen and oxygen atoms in total. The molecular formula is C11H18O2S. The molecule has 3 heteroatoms. The molecule has 1 rings (SSSR count). The van der Waals surface area contributed by atoms with Gasteiger partial charge in [0.25, 0.3) is 0 Å². The molecule has 0 fully saturated rings. The van der Waals surface area contributed by atoms with Crippen LogP contribution in [0.1, 0.15) is 36.3 Å². The van der Waals surface area contributed by atoms with Gasteiger partial charge in [-0.1, -0.05) is 0 Å². The lowest BCUT2D eigenvalue weighted by atomic mass is 10.1. The summed E-state index contributed by atoms with van der Waals surface area (Å²) in [5.41, 5.74) is 1.08. The summed E-state index contributed by atoms with van der Waals surface area (Å²) in [6.45, 7) is 5.54. The lowest BCUT2D eigenvalue weighted by Gasteiger charge is -2.09. The van der Waals surface area contributed by atoms with E-state index in [2.05, 4.69) is 0 Å². The monoisotopic (exact) mass is 214 g/mol. The molecule has 0 spiro atoms. The minimum Gasteiger partial charge on any atom is -0.388 e. The van der Waals surface area contributed by atoms with Crippen molar-refractivity contribution >= 4 is 11.3 Å². The molecule has 0 bridgehead atoms. The van der Waals surface area contributed by atoms with E-state index >= 15 is 0 Å². The largest absolute Gasteiger partial charge is 0.388 e. The number of hydrogen-bond acceptors (Lipinski definition) is 3. The highest BCUT2D eigenvalue weighted by atomic mass is 32.1. The standard InChI is InChI=1S/C11H18O2S/c1-3-13-7-4-5-11(12)10-6-8-14-9(10)2/h6,8,11-12H,3-5,7H2,1-2H3. The highest BCUT2D eigenvalue weighted by Gasteiger charge is 2.10. The molecule has 0 aliphatic rings. The SMILES string of the molecule is CCOCCCC(O)c1ccsc1C. The summed E-state index contributed by atoms with van der Waals surface area (Å²) in [6, 6.07) is 2.01. The van der Waals surface area contributed by atoms with Crippen LogP contribution in [0.4, 0.5) is 0 Å². The number of aryl methyl sites for hydroxylation is 1. The van der Waals surface area contributed by atoms with Crippen LogP contribution in [0.25, 0.3) is 0 Å². The third-order valence-electron chi connectivity index (χ3n) is 2.23. The molecule has 80 valence electrons. The van der Waals surface area contributed by atoms with Crippen molar-refractivity contribution in [2.75, 3.05) is 13.2 Å². The van der Waals surface area contributed by atoms with Gasteiger partial charge in [-0.25, -0.2) is 0 Å². The van der Waals surface area contributed by atoms with Gasteiger partial charge in [-0.05, 0) is 43.7 Å². The predicted octanol–water partition coefficient (Wildman–Crippen LogP) is 2.91. The zero-order chi connectivity index (χ0) is 10.4. The van der Waals surface area contributed by atoms with Crippen molar-refractivity contribution in [2.24, 2.45) is 0 Å². The van der Waals surface area contributed by atoms with Gasteiger partial charge in [-0.15, -0.1) is 11.3 Å². The van der Waals surface area contributed by atoms with E-state index in [-0.39, 0.29) is 6.10 Å². The van der Waals surface area contributed by atoms with E-state index in [1.165, 1.54) is 4.88 Å². The Labute approximate surface area is 89.5 Å². The fourth-order valence-electron chi connectivity index (χ4n) is 1.42. The highest BCUT2D eigenvalue weighted by molar-refractivity contribution is 7.10. The average Bonchev–Trinajstić information content (AvgIpc) is 2.59. The molecule has 0 saturated heterocycles. The van der Waals surface area contributed by atoms with Crippen molar-refractivity contribution in [1.29, 1.82) is 0 Å². The molecule has 0 saturated carbocycles. The van der Waals surface area contributed by atoms with Gasteiger partial charge in [0.1, 0.15) is 0 Å². The van der Waals surface area contributed by atoms with Crippen LogP contribution in [0.5, 0.6) is 0 Å². The Balaban J connectivity index is 2.28. The van der Waals surface area contributed by atoms with Gasteiger partial charge in [0, 0.05) is 18.1 Å². The normalized spacial score (nSPS) is 13.1. The second-order valence-electron chi connectivity index (χ2n) is 3.29. The highest BCUT2D eigenvalue weighted by Crippen LogP contribution is 2.25. The Morgan fingerprint density at radius 1 is 1.57 bits per heavy atom. The first-order chi connectivity index (χ1) is 6.75. The second-order valence-corrected chi connectivity index (χ2v) is 4.41. The Morgan fingerprint density at radius 3 is 2.93 bits per heavy atom. The fraction of sp³-hybridized carbons (Fsp3) is 0.636. The van der Waals surface area contributed by atoms with Crippen molar-refractivity contribution in [2.45, 2.75) is 32.8 Å². The van der Waals surface area contributed by atoms with Crippen LogP contribution in [-0.2, 0) is 4.74 Å². The van der Waals surface area contributed by atoms with Gasteiger partial charge in [0.05, 0.1) is 6.10 Å². The van der Waals surface area contributed by atoms with Crippen molar-refractivity contribution < 1.29 is 9.84 Å². The summed E-state index contributed by atoms with van der Waals surface area (Å²) < 4.78 is 5.22. The minimum atomic E-state index is -0.318. The number of aliphatic hydroxyl groups is 1. The van der Waals surface area contributed by atoms with Gasteiger partial charge in [0.15, 0.2) is 0 Å². The zero-order valence-electron chi connectivity index (χ0n) is 8.82. The van der Waals surface area contributed by atoms with Crippen LogP contribution in [0.15, 0.2) is 11.4 Å². The van der Waals surface area contributed by atoms with Gasteiger partial charge in [-0.3, -0.25) is 0 Å². The van der Waals surface area contributed by atoms with E-state index in [0.29, 0.717) is 0 Å². The predicted molar refractivity (Wildman–Crippen MR) is 59.7 cm³/mol. The van der Waals surface area contributed by atoms with E-state index in [0.717, 1.165) is 31.6 Å². The van der Waals surface area contributed by atoms with Crippen LogP contribution in [0.2, 0.25) is 0 Å². The molecule has 0 aliphatic heterocycles. The molecule has 1 atom stereocenters. The van der Waals surface area contributed by atoms with E-state index in [9.17, 15) is 5.11 Å². The maximum atomic E-state index is 9.84. The minimum absolute atomic E-state index is 0.318. The summed E-state index contributed by atoms with van der Waals surface area (Å²) >= 11 is 1.69. The lowest BCUT2D eigenvalue weighted by Crippen LogP contribution is -2.01. The number of hydrogen-bond donors (Lipinski definition) is 1. The van der Waals surface area contributed by atoms with Crippen LogP contribution in [-0.4, -0.2) is 18.3 Å². The molecule has 1 aromatic heterocycles. The fourth-order valence-corrected chi connectivity index (χ4v) is 2.18. The molecule has 1 N–H and O–H groups in total. The first-order valence-electron chi connectivity index (χ1n) is 5.05. The van der Waals surface area contributed by atoms with Crippen molar-refractivity contribution in [1.82, 2.24) is 0 Å². The third kappa shape index (κ3) is 3.40. The number of rotatable bonds is 6. The molecule has 0 radical (unpaired) electrons. The quantitative estimate of drug-likeness (QED) is 0.738. The number of thiophene rings is 1. The molecule has 1 heterocycles. The summed E-state index contributed by atoms with van der Waals surface area (Å²) in [7, 11) is 0. The molecule has 1 aromatic rings. The smallest absolute Gasteiger partial charge is 0.0801 e. The van der Waals surface area contributed by atoms with Gasteiger partial charge in [-0.2, -0.15) is 0 Å². The van der Waals surface area contributed by atoms with Crippen molar-refractivity contribution in [3.8, 4) is 0 Å². The second kappa shape index (κ2) is 6.17. The van der Waals surface area contributed by atoms with E-state index in [4.69, 9.17) is 4.74 Å². The Hall–Kier alpha value is -0.380. The van der Waals surface area contributed by atoms with Crippen LogP contribution in [0, 0.1) is 6.92 Å². The zero-order valence-corrected chi connectivity index (χ0v) is 9.64. The third-order valence-corrected chi connectivity index (χ3v) is 3.09. The van der Waals surface area contributed by atoms with Crippen LogP contribution < -0.4 is 0 Å². The van der Waals surface area contributed by atoms with E-state index in [1.54, 1.807) is 11.3 Å². The first kappa shape index (κ1) is 11.7. The Kier molecular flexibility index (Phi) is 5.15. The maximum absolute atomic E-state index is 9.84. The van der Waals surface area contributed by atoms with Gasteiger partial charge in [0.2, 0.25) is 0 Å². The molecule has 0 amide bonds. The average molecular weight is 214 g/mol. The van der Waals surface area contributed by atoms with Crippen LogP contribution >= 0.6 is 11.3 Å². The van der Waals surface area contributed by atoms with Gasteiger partial charge >= 0.3 is 0 Å². The number of aliphatic hydroxyl groups excluding tert-OH is 1. The lowest BCUT2D eigenvalue weighted by molar-refractivity contribution is 0.114. The summed E-state index contributed by atoms with van der Waals surface area (Å²) in [6.07, 6.45) is 1.39. The molecular weight excluding hydrogens is 196 g/mol. The number of ether oxygens (including phenoxy) is 1. The van der Waals surface area contributed by atoms with Crippen molar-refractivity contribution in [3.63, 3.8) is 0 Å². The molecule has 14 heavy (non-hydrogen) atoms. The molecule has 1 unspecified atom stereocenters. The summed E-state index contributed by atoms with van der Waals surface area (Å²) in [4.78, 5) is 1.22.